The third-order valence-corrected chi connectivity index (χ3v) is 4.44. The third-order valence-electron chi connectivity index (χ3n) is 4.44. The van der Waals surface area contributed by atoms with Gasteiger partial charge in [0.05, 0.1) is 0 Å². The Bertz CT molecular complexity index is 468. The molecule has 0 spiro atoms. The zero-order chi connectivity index (χ0) is 14.5. The molecule has 1 aromatic rings. The van der Waals surface area contributed by atoms with Gasteiger partial charge in [0.15, 0.2) is 5.96 Å². The van der Waals surface area contributed by atoms with Gasteiger partial charge in [0.2, 0.25) is 0 Å². The van der Waals surface area contributed by atoms with E-state index in [1.165, 1.54) is 19.3 Å². The first-order valence-electron chi connectivity index (χ1n) is 8.05. The van der Waals surface area contributed by atoms with E-state index >= 15 is 0 Å². The lowest BCUT2D eigenvalue weighted by Crippen LogP contribution is -2.51. The average molecular weight is 415 g/mol. The molecule has 0 unspecified atom stereocenters. The van der Waals surface area contributed by atoms with Crippen LogP contribution in [0.4, 0.5) is 0 Å². The lowest BCUT2D eigenvalue weighted by Gasteiger charge is -2.37. The normalized spacial score (nSPS) is 20.0. The molecule has 0 aromatic heterocycles. The molecular weight excluding hydrogens is 389 g/mol. The first-order chi connectivity index (χ1) is 10.3. The van der Waals surface area contributed by atoms with Crippen LogP contribution < -0.4 is 10.1 Å². The van der Waals surface area contributed by atoms with Gasteiger partial charge in [-0.25, -0.2) is 0 Å². The van der Waals surface area contributed by atoms with E-state index < -0.39 is 0 Å². The van der Waals surface area contributed by atoms with Gasteiger partial charge in [0.1, 0.15) is 11.9 Å². The van der Waals surface area contributed by atoms with Crippen LogP contribution in [-0.2, 0) is 0 Å². The Hall–Kier alpha value is -0.980. The van der Waals surface area contributed by atoms with Crippen LogP contribution in [-0.4, -0.2) is 43.1 Å². The predicted octanol–water partition coefficient (Wildman–Crippen LogP) is 3.28. The Morgan fingerprint density at radius 3 is 2.36 bits per heavy atom. The summed E-state index contributed by atoms with van der Waals surface area (Å²) in [5, 5.41) is 3.57. The van der Waals surface area contributed by atoms with E-state index in [9.17, 15) is 0 Å². The minimum Gasteiger partial charge on any atom is -0.490 e. The van der Waals surface area contributed by atoms with Crippen molar-refractivity contribution in [1.82, 2.24) is 10.2 Å². The Morgan fingerprint density at radius 1 is 1.14 bits per heavy atom. The van der Waals surface area contributed by atoms with Crippen LogP contribution in [0.5, 0.6) is 5.75 Å². The highest BCUT2D eigenvalue weighted by Crippen LogP contribution is 2.21. The van der Waals surface area contributed by atoms with Gasteiger partial charge in [-0.2, -0.15) is 0 Å². The molecule has 1 saturated carbocycles. The molecule has 0 bridgehead atoms. The van der Waals surface area contributed by atoms with Gasteiger partial charge in [-0.05, 0) is 31.4 Å². The van der Waals surface area contributed by atoms with Gasteiger partial charge in [0.25, 0.3) is 0 Å². The number of halogens is 1. The summed E-state index contributed by atoms with van der Waals surface area (Å²) in [5.74, 6) is 2.05. The molecule has 1 aromatic carbocycles. The van der Waals surface area contributed by atoms with E-state index in [1.807, 2.05) is 37.4 Å². The maximum atomic E-state index is 6.04. The van der Waals surface area contributed by atoms with Crippen molar-refractivity contribution in [1.29, 1.82) is 0 Å². The van der Waals surface area contributed by atoms with E-state index in [4.69, 9.17) is 4.74 Å². The number of para-hydroxylation sites is 1. The molecule has 1 heterocycles. The van der Waals surface area contributed by atoms with Crippen molar-refractivity contribution < 1.29 is 4.74 Å². The zero-order valence-electron chi connectivity index (χ0n) is 13.2. The number of hydrogen-bond acceptors (Lipinski definition) is 2. The van der Waals surface area contributed by atoms with Crippen molar-refractivity contribution in [3.63, 3.8) is 0 Å². The molecule has 5 heteroatoms. The number of likely N-dealkylation sites (tertiary alicyclic amines) is 1. The minimum absolute atomic E-state index is 0. The van der Waals surface area contributed by atoms with Gasteiger partial charge in [-0.3, -0.25) is 4.99 Å². The summed E-state index contributed by atoms with van der Waals surface area (Å²) in [6, 6.07) is 10.8. The highest BCUT2D eigenvalue weighted by Gasteiger charge is 2.25. The number of rotatable bonds is 3. The molecule has 2 fully saturated rings. The van der Waals surface area contributed by atoms with Crippen LogP contribution in [0, 0.1) is 0 Å². The number of nitrogens with one attached hydrogen (secondary N) is 1. The molecule has 1 saturated heterocycles. The molecule has 22 heavy (non-hydrogen) atoms. The number of piperidine rings is 1. The summed E-state index contributed by atoms with van der Waals surface area (Å²) in [6.45, 7) is 2.04. The van der Waals surface area contributed by atoms with Crippen molar-refractivity contribution in [2.45, 2.75) is 44.2 Å². The second-order valence-corrected chi connectivity index (χ2v) is 5.94. The van der Waals surface area contributed by atoms with Crippen molar-refractivity contribution in [3.8, 4) is 5.75 Å². The van der Waals surface area contributed by atoms with Crippen molar-refractivity contribution >= 4 is 29.9 Å². The van der Waals surface area contributed by atoms with Crippen LogP contribution in [0.3, 0.4) is 0 Å². The monoisotopic (exact) mass is 415 g/mol. The number of benzene rings is 1. The van der Waals surface area contributed by atoms with E-state index in [-0.39, 0.29) is 24.0 Å². The maximum absolute atomic E-state index is 6.04. The number of aliphatic imine (C=N–C) groups is 1. The first-order valence-corrected chi connectivity index (χ1v) is 8.05. The van der Waals surface area contributed by atoms with E-state index in [0.717, 1.165) is 37.6 Å². The molecule has 1 aliphatic carbocycles. The molecule has 4 nitrogen and oxygen atoms in total. The Labute approximate surface area is 150 Å². The summed E-state index contributed by atoms with van der Waals surface area (Å²) >= 11 is 0. The lowest BCUT2D eigenvalue weighted by atomic mass is 9.93. The Balaban J connectivity index is 0.00000176. The zero-order valence-corrected chi connectivity index (χ0v) is 15.5. The molecule has 0 radical (unpaired) electrons. The largest absolute Gasteiger partial charge is 0.490 e. The molecule has 1 N–H and O–H groups in total. The summed E-state index contributed by atoms with van der Waals surface area (Å²) in [7, 11) is 1.88. The number of ether oxygens (including phenoxy) is 1. The first kappa shape index (κ1) is 17.4. The van der Waals surface area contributed by atoms with Crippen LogP contribution in [0.15, 0.2) is 35.3 Å². The number of nitrogens with zero attached hydrogens (tertiary/aromatic N) is 2. The predicted molar refractivity (Wildman–Crippen MR) is 101 cm³/mol. The molecular formula is C17H26IN3O. The Morgan fingerprint density at radius 2 is 1.82 bits per heavy atom. The molecule has 122 valence electrons. The fraction of sp³-hybridized carbons (Fsp3) is 0.588. The van der Waals surface area contributed by atoms with Gasteiger partial charge in [-0.15, -0.1) is 24.0 Å². The van der Waals surface area contributed by atoms with E-state index in [0.29, 0.717) is 12.1 Å². The second kappa shape index (κ2) is 8.60. The lowest BCUT2D eigenvalue weighted by molar-refractivity contribution is 0.128. The van der Waals surface area contributed by atoms with Gasteiger partial charge in [0, 0.05) is 39.0 Å². The summed E-state index contributed by atoms with van der Waals surface area (Å²) in [4.78, 5) is 6.80. The SMILES string of the molecule is CN=C(NC1CCC1)N1CCC(Oc2ccccc2)CC1.I. The maximum Gasteiger partial charge on any atom is 0.193 e. The fourth-order valence-corrected chi connectivity index (χ4v) is 2.91. The molecule has 2 aliphatic rings. The number of guanidine groups is 1. The van der Waals surface area contributed by atoms with Gasteiger partial charge in [-0.1, -0.05) is 18.2 Å². The van der Waals surface area contributed by atoms with Gasteiger partial charge >= 0.3 is 0 Å². The van der Waals surface area contributed by atoms with Crippen LogP contribution in [0.25, 0.3) is 0 Å². The fourth-order valence-electron chi connectivity index (χ4n) is 2.91. The van der Waals surface area contributed by atoms with Crippen molar-refractivity contribution in [2.75, 3.05) is 20.1 Å². The number of hydrogen-bond donors (Lipinski definition) is 1. The van der Waals surface area contributed by atoms with Crippen molar-refractivity contribution in [2.24, 2.45) is 4.99 Å². The Kier molecular flexibility index (Phi) is 6.79. The molecule has 1 aliphatic heterocycles. The van der Waals surface area contributed by atoms with Crippen LogP contribution >= 0.6 is 24.0 Å². The molecule has 3 rings (SSSR count). The topological polar surface area (TPSA) is 36.9 Å². The summed E-state index contributed by atoms with van der Waals surface area (Å²) in [5.41, 5.74) is 0. The van der Waals surface area contributed by atoms with Crippen molar-refractivity contribution in [3.05, 3.63) is 30.3 Å². The molecule has 0 atom stereocenters. The molecule has 0 amide bonds. The highest BCUT2D eigenvalue weighted by molar-refractivity contribution is 14.0. The summed E-state index contributed by atoms with van der Waals surface area (Å²) in [6.07, 6.45) is 6.35. The third kappa shape index (κ3) is 4.51. The van der Waals surface area contributed by atoms with Crippen LogP contribution in [0.1, 0.15) is 32.1 Å². The summed E-state index contributed by atoms with van der Waals surface area (Å²) < 4.78 is 6.04. The van der Waals surface area contributed by atoms with Crippen LogP contribution in [0.2, 0.25) is 0 Å². The van der Waals surface area contributed by atoms with E-state index in [1.54, 1.807) is 0 Å². The smallest absolute Gasteiger partial charge is 0.193 e. The standard InChI is InChI=1S/C17H25N3O.HI/c1-18-17(19-14-6-5-7-14)20-12-10-16(11-13-20)21-15-8-3-2-4-9-15;/h2-4,8-9,14,16H,5-7,10-13H2,1H3,(H,18,19);1H. The quantitative estimate of drug-likeness (QED) is 0.468. The second-order valence-electron chi connectivity index (χ2n) is 5.94. The van der Waals surface area contributed by atoms with Gasteiger partial charge < -0.3 is 15.0 Å². The van der Waals surface area contributed by atoms with E-state index in [2.05, 4.69) is 15.2 Å². The highest BCUT2D eigenvalue weighted by atomic mass is 127. The average Bonchev–Trinajstić information content (AvgIpc) is 2.49. The minimum atomic E-state index is 0.